The second-order valence-electron chi connectivity index (χ2n) is 9.83. The van der Waals surface area contributed by atoms with E-state index in [9.17, 15) is 27.6 Å². The van der Waals surface area contributed by atoms with Crippen molar-refractivity contribution in [2.24, 2.45) is 11.1 Å². The number of nitrogens with zero attached hydrogens (tertiary/aromatic N) is 2. The van der Waals surface area contributed by atoms with Crippen LogP contribution in [-0.2, 0) is 31.0 Å². The summed E-state index contributed by atoms with van der Waals surface area (Å²) in [6.45, 7) is -0.351. The average molecular weight is 764 g/mol. The Morgan fingerprint density at radius 1 is 0.930 bits per heavy atom. The number of fused-ring (bicyclic) bond motifs is 2. The number of imide groups is 1. The first-order chi connectivity index (χ1) is 20.4. The van der Waals surface area contributed by atoms with E-state index in [0.717, 1.165) is 37.6 Å². The molecule has 3 amide bonds. The lowest BCUT2D eigenvalue weighted by Gasteiger charge is -2.30. The molecule has 4 aromatic rings. The molecule has 2 aliphatic heterocycles. The van der Waals surface area contributed by atoms with Crippen LogP contribution in [0.4, 0.5) is 11.4 Å². The van der Waals surface area contributed by atoms with Gasteiger partial charge in [0, 0.05) is 25.4 Å². The standard InChI is InChI=1S/C28H20Br2N4O6S3/c29-15-4-8-18(9-5-15)34-25(36)22-21(14-2-1-3-16(30)12-14)24-27(41-23(22)26(34)37)33(28(38)42-24)13-20(35)32-17-6-10-19(11-7-17)43(31,39)40/h1-12,21-23H,13H2,(H,32,35)(H2,31,39,40). The van der Waals surface area contributed by atoms with Gasteiger partial charge in [0.15, 0.2) is 0 Å². The smallest absolute Gasteiger partial charge is 0.308 e. The van der Waals surface area contributed by atoms with Gasteiger partial charge in [-0.15, -0.1) is 0 Å². The molecule has 43 heavy (non-hydrogen) atoms. The molecular formula is C28H20Br2N4O6S3. The number of carbonyl (C=O) groups excluding carboxylic acids is 3. The van der Waals surface area contributed by atoms with Crippen molar-refractivity contribution in [2.75, 3.05) is 10.2 Å². The molecule has 3 aromatic carbocycles. The van der Waals surface area contributed by atoms with E-state index in [0.29, 0.717) is 21.3 Å². The molecule has 3 atom stereocenters. The Labute approximate surface area is 270 Å². The summed E-state index contributed by atoms with van der Waals surface area (Å²) in [5, 5.41) is 7.44. The van der Waals surface area contributed by atoms with Crippen LogP contribution in [0.25, 0.3) is 0 Å². The fourth-order valence-electron chi connectivity index (χ4n) is 5.23. The van der Waals surface area contributed by atoms with E-state index >= 15 is 0 Å². The third-order valence-corrected chi connectivity index (χ3v) is 11.7. The van der Waals surface area contributed by atoms with Crippen LogP contribution in [-0.4, -0.2) is 36.0 Å². The Morgan fingerprint density at radius 3 is 2.28 bits per heavy atom. The van der Waals surface area contributed by atoms with Crippen LogP contribution in [0.3, 0.4) is 0 Å². The Bertz CT molecular complexity index is 1960. The SMILES string of the molecule is NS(=O)(=O)c1ccc(NC(=O)Cn2c3c(sc2=O)C(c2cccc(Br)c2)C2C(=O)N(c4ccc(Br)cc4)C(=O)C2S3)cc1. The Balaban J connectivity index is 1.37. The van der Waals surface area contributed by atoms with Gasteiger partial charge in [-0.2, -0.15) is 0 Å². The summed E-state index contributed by atoms with van der Waals surface area (Å²) in [5.74, 6) is -2.63. The summed E-state index contributed by atoms with van der Waals surface area (Å²) in [6.07, 6.45) is 0. The van der Waals surface area contributed by atoms with Crippen molar-refractivity contribution in [3.8, 4) is 0 Å². The van der Waals surface area contributed by atoms with E-state index in [1.807, 2.05) is 24.3 Å². The van der Waals surface area contributed by atoms with Gasteiger partial charge >= 0.3 is 4.87 Å². The quantitative estimate of drug-likeness (QED) is 0.275. The zero-order valence-electron chi connectivity index (χ0n) is 21.8. The first kappa shape index (κ1) is 30.0. The number of sulfonamides is 1. The molecule has 3 unspecified atom stereocenters. The number of hydrogen-bond donors (Lipinski definition) is 2. The molecule has 10 nitrogen and oxygen atoms in total. The molecule has 0 spiro atoms. The van der Waals surface area contributed by atoms with Gasteiger partial charge in [-0.25, -0.2) is 18.5 Å². The number of nitrogens with one attached hydrogen (secondary N) is 1. The molecule has 0 bridgehead atoms. The number of aromatic nitrogens is 1. The predicted octanol–water partition coefficient (Wildman–Crippen LogP) is 4.52. The molecule has 0 radical (unpaired) electrons. The Morgan fingerprint density at radius 2 is 1.63 bits per heavy atom. The summed E-state index contributed by atoms with van der Waals surface area (Å²) >= 11 is 8.95. The number of anilines is 2. The number of carbonyl (C=O) groups is 3. The third-order valence-electron chi connectivity index (χ3n) is 7.11. The van der Waals surface area contributed by atoms with Crippen LogP contribution in [0.15, 0.2) is 96.5 Å². The number of thiazole rings is 1. The maximum Gasteiger partial charge on any atom is 0.308 e. The number of halogens is 2. The second kappa shape index (κ2) is 11.4. The van der Waals surface area contributed by atoms with Crippen molar-refractivity contribution in [3.63, 3.8) is 0 Å². The van der Waals surface area contributed by atoms with E-state index in [1.54, 1.807) is 24.3 Å². The topological polar surface area (TPSA) is 149 Å². The normalized spacial score (nSPS) is 19.7. The van der Waals surface area contributed by atoms with Crippen molar-refractivity contribution in [1.29, 1.82) is 0 Å². The molecule has 0 aliphatic carbocycles. The van der Waals surface area contributed by atoms with E-state index in [1.165, 1.54) is 33.7 Å². The van der Waals surface area contributed by atoms with E-state index in [-0.39, 0.29) is 17.3 Å². The average Bonchev–Trinajstić information content (AvgIpc) is 3.39. The minimum atomic E-state index is -3.89. The molecule has 1 aromatic heterocycles. The molecule has 1 saturated heterocycles. The van der Waals surface area contributed by atoms with Gasteiger partial charge in [-0.3, -0.25) is 23.7 Å². The number of thioether (sulfide) groups is 1. The number of rotatable bonds is 6. The van der Waals surface area contributed by atoms with E-state index < -0.39 is 43.8 Å². The number of primary sulfonamides is 1. The largest absolute Gasteiger partial charge is 0.325 e. The fraction of sp³-hybridized carbons (Fsp3) is 0.143. The molecule has 220 valence electrons. The minimum Gasteiger partial charge on any atom is -0.325 e. The maximum atomic E-state index is 14.0. The third kappa shape index (κ3) is 5.65. The first-order valence-corrected chi connectivity index (χ1v) is 17.5. The summed E-state index contributed by atoms with van der Waals surface area (Å²) < 4.78 is 26.0. The number of nitrogens with two attached hydrogens (primary N) is 1. The van der Waals surface area contributed by atoms with Gasteiger partial charge in [-0.05, 0) is 66.2 Å². The number of amides is 3. The lowest BCUT2D eigenvalue weighted by Crippen LogP contribution is -2.33. The molecule has 6 rings (SSSR count). The van der Waals surface area contributed by atoms with Crippen molar-refractivity contribution in [3.05, 3.63) is 102 Å². The van der Waals surface area contributed by atoms with Gasteiger partial charge in [0.25, 0.3) is 0 Å². The molecule has 0 saturated carbocycles. The monoisotopic (exact) mass is 762 g/mol. The van der Waals surface area contributed by atoms with Gasteiger partial charge in [-0.1, -0.05) is 67.1 Å². The van der Waals surface area contributed by atoms with Crippen molar-refractivity contribution < 1.29 is 22.8 Å². The lowest BCUT2D eigenvalue weighted by atomic mass is 9.83. The maximum absolute atomic E-state index is 14.0. The van der Waals surface area contributed by atoms with Gasteiger partial charge in [0.2, 0.25) is 27.7 Å². The highest BCUT2D eigenvalue weighted by Gasteiger charge is 2.56. The molecule has 2 aliphatic rings. The summed E-state index contributed by atoms with van der Waals surface area (Å²) in [7, 11) is -3.89. The van der Waals surface area contributed by atoms with Gasteiger partial charge in [0.05, 0.1) is 21.5 Å². The predicted molar refractivity (Wildman–Crippen MR) is 171 cm³/mol. The van der Waals surface area contributed by atoms with E-state index in [4.69, 9.17) is 5.14 Å². The summed E-state index contributed by atoms with van der Waals surface area (Å²) in [5.41, 5.74) is 1.53. The Kier molecular flexibility index (Phi) is 7.98. The highest BCUT2D eigenvalue weighted by Crippen LogP contribution is 2.54. The first-order valence-electron chi connectivity index (χ1n) is 12.6. The molecule has 1 fully saturated rings. The van der Waals surface area contributed by atoms with Crippen molar-refractivity contribution in [1.82, 2.24) is 4.57 Å². The second-order valence-corrected chi connectivity index (χ2v) is 15.3. The Hall–Kier alpha value is -3.08. The number of benzene rings is 3. The van der Waals surface area contributed by atoms with Crippen LogP contribution in [0.5, 0.6) is 0 Å². The molecule has 15 heteroatoms. The fourth-order valence-corrected chi connectivity index (χ4v) is 9.20. The van der Waals surface area contributed by atoms with Crippen LogP contribution in [0, 0.1) is 5.92 Å². The molecule has 3 N–H and O–H groups in total. The van der Waals surface area contributed by atoms with Crippen molar-refractivity contribution >= 4 is 94.1 Å². The summed E-state index contributed by atoms with van der Waals surface area (Å²) in [4.78, 5) is 55.4. The van der Waals surface area contributed by atoms with Gasteiger partial charge < -0.3 is 5.32 Å². The minimum absolute atomic E-state index is 0.105. The lowest BCUT2D eigenvalue weighted by molar-refractivity contribution is -0.122. The molecular weight excluding hydrogens is 744 g/mol. The highest BCUT2D eigenvalue weighted by molar-refractivity contribution is 9.10. The van der Waals surface area contributed by atoms with Crippen LogP contribution < -0.4 is 20.2 Å². The highest BCUT2D eigenvalue weighted by atomic mass is 79.9. The van der Waals surface area contributed by atoms with Gasteiger partial charge in [0.1, 0.15) is 11.8 Å². The van der Waals surface area contributed by atoms with Crippen molar-refractivity contribution in [2.45, 2.75) is 27.6 Å². The van der Waals surface area contributed by atoms with Crippen LogP contribution >= 0.6 is 55.0 Å². The van der Waals surface area contributed by atoms with E-state index in [2.05, 4.69) is 37.2 Å². The summed E-state index contributed by atoms with van der Waals surface area (Å²) in [6, 6.07) is 19.6. The van der Waals surface area contributed by atoms with Crippen LogP contribution in [0.2, 0.25) is 0 Å². The molecule has 3 heterocycles. The zero-order chi connectivity index (χ0) is 30.6. The zero-order valence-corrected chi connectivity index (χ0v) is 27.4. The number of hydrogen-bond acceptors (Lipinski definition) is 8. The van der Waals surface area contributed by atoms with Crippen LogP contribution in [0.1, 0.15) is 16.4 Å².